The molecule has 0 saturated carbocycles. The minimum atomic E-state index is -0.599. The maximum absolute atomic E-state index is 12.8. The number of hydrogen-bond acceptors (Lipinski definition) is 4. The van der Waals surface area contributed by atoms with Crippen molar-refractivity contribution in [3.8, 4) is 5.75 Å². The van der Waals surface area contributed by atoms with E-state index in [1.165, 1.54) is 0 Å². The molecule has 0 aliphatic carbocycles. The summed E-state index contributed by atoms with van der Waals surface area (Å²) in [6, 6.07) is 1.56. The molecule has 1 rings (SSSR count). The Hall–Kier alpha value is -1.33. The first-order valence-electron chi connectivity index (χ1n) is 3.79. The highest BCUT2D eigenvalue weighted by atomic mass is 19.1. The lowest BCUT2D eigenvalue weighted by Gasteiger charge is -2.12. The minimum absolute atomic E-state index is 0.0288. The first-order chi connectivity index (χ1) is 6.06. The van der Waals surface area contributed by atoms with E-state index in [9.17, 15) is 9.50 Å². The van der Waals surface area contributed by atoms with E-state index in [1.807, 2.05) is 0 Å². The zero-order valence-electron chi connectivity index (χ0n) is 7.00. The molecule has 7 N–H and O–H groups in total. The van der Waals surface area contributed by atoms with Crippen molar-refractivity contribution >= 4 is 5.69 Å². The van der Waals surface area contributed by atoms with Crippen LogP contribution in [0.4, 0.5) is 10.1 Å². The number of phenols is 1. The van der Waals surface area contributed by atoms with Crippen molar-refractivity contribution in [2.24, 2.45) is 11.5 Å². The van der Waals surface area contributed by atoms with E-state index in [0.717, 1.165) is 12.1 Å². The van der Waals surface area contributed by atoms with Crippen LogP contribution in [0.25, 0.3) is 0 Å². The zero-order chi connectivity index (χ0) is 10.0. The number of anilines is 1. The van der Waals surface area contributed by atoms with E-state index in [4.69, 9.17) is 17.2 Å². The number of rotatable bonds is 2. The Morgan fingerprint density at radius 1 is 1.46 bits per heavy atom. The fourth-order valence-electron chi connectivity index (χ4n) is 1.05. The highest BCUT2D eigenvalue weighted by Crippen LogP contribution is 2.29. The lowest BCUT2D eigenvalue weighted by atomic mass is 10.1. The maximum atomic E-state index is 12.8. The van der Waals surface area contributed by atoms with Gasteiger partial charge in [0.1, 0.15) is 11.6 Å². The number of benzene rings is 1. The Bertz CT molecular complexity index is 317. The first-order valence-corrected chi connectivity index (χ1v) is 3.79. The molecular weight excluding hydrogens is 173 g/mol. The van der Waals surface area contributed by atoms with Gasteiger partial charge in [0.25, 0.3) is 0 Å². The van der Waals surface area contributed by atoms with Crippen molar-refractivity contribution in [2.75, 3.05) is 12.3 Å². The van der Waals surface area contributed by atoms with Crippen LogP contribution in [0.5, 0.6) is 5.75 Å². The molecule has 0 spiro atoms. The van der Waals surface area contributed by atoms with Crippen LogP contribution in [-0.2, 0) is 0 Å². The normalized spacial score (nSPS) is 12.8. The first kappa shape index (κ1) is 9.76. The number of nitrogen functional groups attached to an aromatic ring is 1. The van der Waals surface area contributed by atoms with E-state index < -0.39 is 11.9 Å². The summed E-state index contributed by atoms with van der Waals surface area (Å²) >= 11 is 0. The summed E-state index contributed by atoms with van der Waals surface area (Å²) < 4.78 is 12.8. The van der Waals surface area contributed by atoms with Crippen LogP contribution >= 0.6 is 0 Å². The molecule has 0 radical (unpaired) electrons. The summed E-state index contributed by atoms with van der Waals surface area (Å²) in [5, 5.41) is 9.40. The summed E-state index contributed by atoms with van der Waals surface area (Å²) in [6.07, 6.45) is 0. The molecule has 13 heavy (non-hydrogen) atoms. The van der Waals surface area contributed by atoms with Gasteiger partial charge in [-0.1, -0.05) is 0 Å². The molecule has 5 heteroatoms. The zero-order valence-corrected chi connectivity index (χ0v) is 7.00. The van der Waals surface area contributed by atoms with Crippen molar-refractivity contribution in [3.63, 3.8) is 0 Å². The van der Waals surface area contributed by atoms with E-state index >= 15 is 0 Å². The molecular formula is C8H12FN3O. The molecule has 0 aliphatic heterocycles. The average molecular weight is 185 g/mol. The third kappa shape index (κ3) is 1.88. The summed E-state index contributed by atoms with van der Waals surface area (Å²) in [5.41, 5.74) is 16.3. The van der Waals surface area contributed by atoms with Gasteiger partial charge in [-0.25, -0.2) is 4.39 Å². The van der Waals surface area contributed by atoms with Crippen molar-refractivity contribution < 1.29 is 9.50 Å². The third-order valence-electron chi connectivity index (χ3n) is 1.79. The van der Waals surface area contributed by atoms with Gasteiger partial charge in [-0.2, -0.15) is 0 Å². The Morgan fingerprint density at radius 3 is 2.62 bits per heavy atom. The summed E-state index contributed by atoms with van der Waals surface area (Å²) in [6.45, 7) is 0.121. The van der Waals surface area contributed by atoms with Gasteiger partial charge in [-0.15, -0.1) is 0 Å². The second-order valence-corrected chi connectivity index (χ2v) is 2.78. The molecule has 4 nitrogen and oxygen atoms in total. The van der Waals surface area contributed by atoms with Gasteiger partial charge < -0.3 is 22.3 Å². The number of phenolic OH excluding ortho intramolecular Hbond substituents is 1. The van der Waals surface area contributed by atoms with Crippen molar-refractivity contribution in [2.45, 2.75) is 6.04 Å². The molecule has 1 atom stereocenters. The van der Waals surface area contributed by atoms with Gasteiger partial charge >= 0.3 is 0 Å². The monoisotopic (exact) mass is 185 g/mol. The van der Waals surface area contributed by atoms with Crippen LogP contribution in [-0.4, -0.2) is 11.7 Å². The molecule has 0 fully saturated rings. The van der Waals surface area contributed by atoms with E-state index in [-0.39, 0.29) is 23.5 Å². The Labute approximate surface area is 75.1 Å². The Balaban J connectivity index is 3.20. The molecule has 1 unspecified atom stereocenters. The number of aromatic hydroxyl groups is 1. The minimum Gasteiger partial charge on any atom is -0.505 e. The molecule has 0 heterocycles. The van der Waals surface area contributed by atoms with Gasteiger partial charge in [0.15, 0.2) is 0 Å². The largest absolute Gasteiger partial charge is 0.505 e. The van der Waals surface area contributed by atoms with E-state index in [0.29, 0.717) is 0 Å². The Kier molecular flexibility index (Phi) is 2.69. The predicted octanol–water partition coefficient (Wildman–Crippen LogP) is 0.0720. The standard InChI is InChI=1S/C8H12FN3O/c9-4-1-5(7(12)3-10)8(13)6(11)2-4/h1-2,7,13H,3,10-12H2. The summed E-state index contributed by atoms with van der Waals surface area (Å²) in [7, 11) is 0. The predicted molar refractivity (Wildman–Crippen MR) is 48.5 cm³/mol. The van der Waals surface area contributed by atoms with Crippen LogP contribution < -0.4 is 17.2 Å². The highest BCUT2D eigenvalue weighted by molar-refractivity contribution is 5.57. The lowest BCUT2D eigenvalue weighted by Crippen LogP contribution is -2.21. The van der Waals surface area contributed by atoms with Crippen LogP contribution in [0, 0.1) is 5.82 Å². The molecule has 0 saturated heterocycles. The molecule has 0 aromatic heterocycles. The van der Waals surface area contributed by atoms with Gasteiger partial charge in [-0.05, 0) is 6.07 Å². The molecule has 72 valence electrons. The van der Waals surface area contributed by atoms with Gasteiger partial charge in [0.05, 0.1) is 5.69 Å². The van der Waals surface area contributed by atoms with Gasteiger partial charge in [-0.3, -0.25) is 0 Å². The second-order valence-electron chi connectivity index (χ2n) is 2.78. The SMILES string of the molecule is NCC(N)c1cc(F)cc(N)c1O. The molecule has 1 aromatic rings. The summed E-state index contributed by atoms with van der Waals surface area (Å²) in [5.74, 6) is -0.728. The van der Waals surface area contributed by atoms with Crippen LogP contribution in [0.2, 0.25) is 0 Å². The molecule has 1 aromatic carbocycles. The maximum Gasteiger partial charge on any atom is 0.143 e. The van der Waals surface area contributed by atoms with Gasteiger partial charge in [0.2, 0.25) is 0 Å². The molecule has 0 aliphatic rings. The fourth-order valence-corrected chi connectivity index (χ4v) is 1.05. The molecule has 0 bridgehead atoms. The van der Waals surface area contributed by atoms with E-state index in [2.05, 4.69) is 0 Å². The van der Waals surface area contributed by atoms with Crippen LogP contribution in [0.15, 0.2) is 12.1 Å². The fraction of sp³-hybridized carbons (Fsp3) is 0.250. The van der Waals surface area contributed by atoms with Crippen molar-refractivity contribution in [3.05, 3.63) is 23.5 Å². The van der Waals surface area contributed by atoms with Crippen molar-refractivity contribution in [1.29, 1.82) is 0 Å². The summed E-state index contributed by atoms with van der Waals surface area (Å²) in [4.78, 5) is 0. The number of halogens is 1. The molecule has 0 amide bonds. The average Bonchev–Trinajstić information content (AvgIpc) is 2.10. The topological polar surface area (TPSA) is 98.3 Å². The number of nitrogens with two attached hydrogens (primary N) is 3. The quantitative estimate of drug-likeness (QED) is 0.387. The van der Waals surface area contributed by atoms with Crippen LogP contribution in [0.3, 0.4) is 0 Å². The van der Waals surface area contributed by atoms with E-state index in [1.54, 1.807) is 0 Å². The lowest BCUT2D eigenvalue weighted by molar-refractivity contribution is 0.462. The smallest absolute Gasteiger partial charge is 0.143 e. The number of hydrogen-bond donors (Lipinski definition) is 4. The third-order valence-corrected chi connectivity index (χ3v) is 1.79. The highest BCUT2D eigenvalue weighted by Gasteiger charge is 2.13. The van der Waals surface area contributed by atoms with Crippen LogP contribution in [0.1, 0.15) is 11.6 Å². The van der Waals surface area contributed by atoms with Crippen molar-refractivity contribution in [1.82, 2.24) is 0 Å². The van der Waals surface area contributed by atoms with Gasteiger partial charge in [0, 0.05) is 24.2 Å². The Morgan fingerprint density at radius 2 is 2.08 bits per heavy atom. The second kappa shape index (κ2) is 3.59.